The maximum atomic E-state index is 5.35. The van der Waals surface area contributed by atoms with Gasteiger partial charge in [0.1, 0.15) is 0 Å². The van der Waals surface area contributed by atoms with Crippen molar-refractivity contribution in [1.82, 2.24) is 29.1 Å². The third-order valence-electron chi connectivity index (χ3n) is 10.9. The summed E-state index contributed by atoms with van der Waals surface area (Å²) in [5, 5.41) is 5.42. The van der Waals surface area contributed by atoms with Crippen LogP contribution in [0.1, 0.15) is 0 Å². The fourth-order valence-corrected chi connectivity index (χ4v) is 8.68. The van der Waals surface area contributed by atoms with Crippen LogP contribution in [-0.4, -0.2) is 29.1 Å². The molecule has 0 saturated heterocycles. The summed E-state index contributed by atoms with van der Waals surface area (Å²) in [6.45, 7) is 0. The van der Waals surface area contributed by atoms with Gasteiger partial charge >= 0.3 is 0 Å². The molecule has 6 heteroatoms. The molecule has 1 aliphatic rings. The van der Waals surface area contributed by atoms with Crippen LogP contribution in [0.15, 0.2) is 170 Å². The normalized spacial score (nSPS) is 12.1. The van der Waals surface area contributed by atoms with Crippen LogP contribution in [-0.2, 0) is 0 Å². The topological polar surface area (TPSA) is 61.4 Å². The van der Waals surface area contributed by atoms with Crippen LogP contribution in [0, 0.1) is 0 Å². The number of rotatable bonds is 4. The Hall–Kier alpha value is -7.44. The minimum atomic E-state index is 0.638. The fraction of sp³-hybridized carbons (Fsp3) is 0. The molecule has 0 fully saturated rings. The maximum Gasteiger partial charge on any atom is 0.168 e. The molecule has 0 amide bonds. The van der Waals surface area contributed by atoms with E-state index in [0.717, 1.165) is 94.0 Å². The number of fused-ring (bicyclic) bond motifs is 9. The van der Waals surface area contributed by atoms with Crippen molar-refractivity contribution in [3.63, 3.8) is 0 Å². The van der Waals surface area contributed by atoms with Gasteiger partial charge in [-0.25, -0.2) is 19.9 Å². The molecule has 0 spiro atoms. The molecule has 4 heterocycles. The standard InChI is InChI=1S/C48H28N6/c1-3-15-29(16-4-1)53-37-25-11-9-21-33(37)41-35(23-13-27-39(41)53)46-49-44-31-19-7-8-20-32(31)45-43(44)48(51-46)52-47(50-45)36-24-14-28-40-42(36)34-22-10-12-26-38(34)54(40)30-17-5-2-6-18-30/h1-28H. The Bertz CT molecular complexity index is 3100. The summed E-state index contributed by atoms with van der Waals surface area (Å²) in [6.07, 6.45) is 0. The van der Waals surface area contributed by atoms with E-state index in [0.29, 0.717) is 17.3 Å². The number of hydrogen-bond donors (Lipinski definition) is 0. The highest BCUT2D eigenvalue weighted by Gasteiger charge is 2.29. The Balaban J connectivity index is 1.15. The Labute approximate surface area is 309 Å². The van der Waals surface area contributed by atoms with Crippen molar-refractivity contribution >= 4 is 54.6 Å². The van der Waals surface area contributed by atoms with Gasteiger partial charge in [-0.05, 0) is 48.5 Å². The Morgan fingerprint density at radius 2 is 0.685 bits per heavy atom. The number of para-hydroxylation sites is 4. The van der Waals surface area contributed by atoms with Gasteiger partial charge in [-0.15, -0.1) is 0 Å². The van der Waals surface area contributed by atoms with E-state index in [1.807, 2.05) is 0 Å². The first-order chi connectivity index (χ1) is 26.8. The molecule has 11 aromatic rings. The first-order valence-electron chi connectivity index (χ1n) is 18.2. The molecule has 0 unspecified atom stereocenters. The first kappa shape index (κ1) is 29.2. The zero-order valence-electron chi connectivity index (χ0n) is 28.8. The van der Waals surface area contributed by atoms with Crippen LogP contribution < -0.4 is 0 Å². The Morgan fingerprint density at radius 1 is 0.296 bits per heavy atom. The van der Waals surface area contributed by atoms with Crippen molar-refractivity contribution < 1.29 is 0 Å². The van der Waals surface area contributed by atoms with Gasteiger partial charge in [0.05, 0.1) is 38.8 Å². The van der Waals surface area contributed by atoms with Gasteiger partial charge in [0.15, 0.2) is 17.3 Å². The molecular weight excluding hydrogens is 661 g/mol. The van der Waals surface area contributed by atoms with Crippen LogP contribution in [0.5, 0.6) is 0 Å². The van der Waals surface area contributed by atoms with E-state index in [4.69, 9.17) is 19.9 Å². The predicted octanol–water partition coefficient (Wildman–Crippen LogP) is 11.6. The average Bonchev–Trinajstić information content (AvgIpc) is 3.88. The lowest BCUT2D eigenvalue weighted by Crippen LogP contribution is -1.99. The molecule has 250 valence electrons. The van der Waals surface area contributed by atoms with Gasteiger partial charge in [0.2, 0.25) is 0 Å². The molecule has 0 radical (unpaired) electrons. The highest BCUT2D eigenvalue weighted by atomic mass is 15.0. The third kappa shape index (κ3) is 3.99. The van der Waals surface area contributed by atoms with Crippen molar-refractivity contribution in [3.05, 3.63) is 170 Å². The van der Waals surface area contributed by atoms with Gasteiger partial charge < -0.3 is 9.13 Å². The van der Waals surface area contributed by atoms with E-state index >= 15 is 0 Å². The Kier molecular flexibility index (Phi) is 5.96. The molecule has 0 N–H and O–H groups in total. The summed E-state index contributed by atoms with van der Waals surface area (Å²) in [4.78, 5) is 21.4. The zero-order chi connectivity index (χ0) is 35.3. The number of benzene rings is 7. The van der Waals surface area contributed by atoms with Crippen LogP contribution >= 0.6 is 0 Å². The zero-order valence-corrected chi connectivity index (χ0v) is 28.8. The summed E-state index contributed by atoms with van der Waals surface area (Å²) in [5.41, 5.74) is 13.1. The molecule has 0 atom stereocenters. The van der Waals surface area contributed by atoms with E-state index in [1.165, 1.54) is 0 Å². The second-order valence-electron chi connectivity index (χ2n) is 13.8. The van der Waals surface area contributed by atoms with Crippen molar-refractivity contribution in [2.24, 2.45) is 0 Å². The highest BCUT2D eigenvalue weighted by molar-refractivity contribution is 6.18. The van der Waals surface area contributed by atoms with E-state index in [2.05, 4.69) is 179 Å². The quantitative estimate of drug-likeness (QED) is 0.185. The van der Waals surface area contributed by atoms with Gasteiger partial charge in [-0.3, -0.25) is 0 Å². The van der Waals surface area contributed by atoms with Crippen molar-refractivity contribution in [2.75, 3.05) is 0 Å². The summed E-state index contributed by atoms with van der Waals surface area (Å²) in [7, 11) is 0. The molecule has 6 nitrogen and oxygen atoms in total. The SMILES string of the molecule is c1ccc(-n2c3ccccc3c3c(-c4nc5c6c(nc(-c7cccc8c7c7ccccc7n8-c7ccccc7)nc6n4)-c4ccccc4-5)cccc32)cc1. The largest absolute Gasteiger partial charge is 0.309 e. The van der Waals surface area contributed by atoms with E-state index < -0.39 is 0 Å². The van der Waals surface area contributed by atoms with Crippen LogP contribution in [0.2, 0.25) is 0 Å². The van der Waals surface area contributed by atoms with Gasteiger partial charge in [0.25, 0.3) is 0 Å². The van der Waals surface area contributed by atoms with Crippen LogP contribution in [0.4, 0.5) is 0 Å². The molecule has 54 heavy (non-hydrogen) atoms. The summed E-state index contributed by atoms with van der Waals surface area (Å²) in [5.74, 6) is 1.29. The lowest BCUT2D eigenvalue weighted by Gasteiger charge is -2.10. The van der Waals surface area contributed by atoms with Crippen molar-refractivity contribution in [1.29, 1.82) is 0 Å². The second-order valence-corrected chi connectivity index (χ2v) is 13.8. The van der Waals surface area contributed by atoms with Gasteiger partial charge in [-0.2, -0.15) is 0 Å². The minimum absolute atomic E-state index is 0.638. The van der Waals surface area contributed by atoms with Crippen molar-refractivity contribution in [3.8, 4) is 56.7 Å². The summed E-state index contributed by atoms with van der Waals surface area (Å²) < 4.78 is 4.66. The average molecular weight is 689 g/mol. The number of nitrogens with zero attached hydrogens (tertiary/aromatic N) is 6. The lowest BCUT2D eigenvalue weighted by molar-refractivity contribution is 1.16. The molecule has 4 aromatic heterocycles. The monoisotopic (exact) mass is 688 g/mol. The predicted molar refractivity (Wildman–Crippen MR) is 219 cm³/mol. The Morgan fingerprint density at radius 3 is 1.17 bits per heavy atom. The minimum Gasteiger partial charge on any atom is -0.309 e. The van der Waals surface area contributed by atoms with E-state index in [1.54, 1.807) is 0 Å². The second kappa shape index (κ2) is 11.0. The van der Waals surface area contributed by atoms with Gasteiger partial charge in [-0.1, -0.05) is 121 Å². The van der Waals surface area contributed by atoms with Gasteiger partial charge in [0, 0.05) is 55.2 Å². The molecule has 7 aromatic carbocycles. The fourth-order valence-electron chi connectivity index (χ4n) is 8.68. The molecular formula is C48H28N6. The maximum absolute atomic E-state index is 5.35. The summed E-state index contributed by atoms with van der Waals surface area (Å²) in [6, 6.07) is 59.5. The van der Waals surface area contributed by atoms with Crippen molar-refractivity contribution in [2.45, 2.75) is 0 Å². The van der Waals surface area contributed by atoms with Crippen LogP contribution in [0.25, 0.3) is 111 Å². The summed E-state index contributed by atoms with van der Waals surface area (Å²) >= 11 is 0. The first-order valence-corrected chi connectivity index (χ1v) is 18.2. The number of aromatic nitrogens is 6. The highest BCUT2D eigenvalue weighted by Crippen LogP contribution is 2.47. The van der Waals surface area contributed by atoms with E-state index in [9.17, 15) is 0 Å². The number of hydrogen-bond acceptors (Lipinski definition) is 4. The molecule has 12 rings (SSSR count). The van der Waals surface area contributed by atoms with E-state index in [-0.39, 0.29) is 0 Å². The van der Waals surface area contributed by atoms with Crippen LogP contribution in [0.3, 0.4) is 0 Å². The smallest absolute Gasteiger partial charge is 0.168 e. The lowest BCUT2D eigenvalue weighted by atomic mass is 10.0. The third-order valence-corrected chi connectivity index (χ3v) is 10.9. The molecule has 1 aliphatic carbocycles. The molecule has 0 aliphatic heterocycles. The molecule has 0 saturated carbocycles. The molecule has 0 bridgehead atoms.